The maximum absolute atomic E-state index is 10.4. The van der Waals surface area contributed by atoms with Gasteiger partial charge in [-0.1, -0.05) is 87.9 Å². The number of anilines is 1. The van der Waals surface area contributed by atoms with Crippen molar-refractivity contribution in [3.05, 3.63) is 124 Å². The molecule has 232 valence electrons. The van der Waals surface area contributed by atoms with Crippen molar-refractivity contribution in [2.75, 3.05) is 4.90 Å². The number of nitrogens with zero attached hydrogens (tertiary/aromatic N) is 3. The van der Waals surface area contributed by atoms with Crippen molar-refractivity contribution in [2.45, 2.75) is 71.4 Å². The smallest absolute Gasteiger partial charge is 0.217 e. The first-order valence-electron chi connectivity index (χ1n) is 15.3. The monoisotopic (exact) mass is 775 g/mol. The standard InChI is InChI=1S/C39H38N3O2.Pt/c1-23-20-24(2)34(25(3)21-23)42-36-35(38(4,5)29-15-8-9-16-30(29)39(36,6)7)41-37(42)27-13-10-14-28(22-27)44-32-19-18-26-12-11-17-31(43)33(26)40-32;/h8-21,35-36,43H,1-7H3;/q-1;/t35-,36+;/m1./s1. The predicted molar refractivity (Wildman–Crippen MR) is 178 cm³/mol. The molecule has 2 heterocycles. The van der Waals surface area contributed by atoms with Crippen LogP contribution < -0.4 is 9.64 Å². The number of rotatable bonds is 4. The Hall–Kier alpha value is -3.95. The van der Waals surface area contributed by atoms with E-state index in [0.717, 1.165) is 16.8 Å². The summed E-state index contributed by atoms with van der Waals surface area (Å²) in [6.07, 6.45) is 0. The number of aliphatic imine (C=N–C) groups is 1. The van der Waals surface area contributed by atoms with Gasteiger partial charge >= 0.3 is 0 Å². The maximum atomic E-state index is 10.4. The molecule has 6 heteroatoms. The van der Waals surface area contributed by atoms with E-state index in [9.17, 15) is 5.11 Å². The first kappa shape index (κ1) is 31.0. The van der Waals surface area contributed by atoms with E-state index in [0.29, 0.717) is 17.1 Å². The molecule has 1 N–H and O–H groups in total. The molecule has 0 fully saturated rings. The third kappa shape index (κ3) is 4.97. The van der Waals surface area contributed by atoms with Crippen LogP contribution in [0.25, 0.3) is 10.9 Å². The Kier molecular flexibility index (Phi) is 7.68. The molecule has 0 amide bonds. The summed E-state index contributed by atoms with van der Waals surface area (Å²) in [5.74, 6) is 1.97. The normalized spacial score (nSPS) is 19.4. The molecule has 4 aromatic carbocycles. The summed E-state index contributed by atoms with van der Waals surface area (Å²) < 4.78 is 6.25. The molecule has 7 rings (SSSR count). The van der Waals surface area contributed by atoms with Gasteiger partial charge in [-0.15, -0.1) is 23.8 Å². The average Bonchev–Trinajstić information content (AvgIpc) is 3.39. The van der Waals surface area contributed by atoms with Gasteiger partial charge in [0.2, 0.25) is 5.88 Å². The van der Waals surface area contributed by atoms with Crippen LogP contribution in [0.3, 0.4) is 0 Å². The molecule has 0 saturated carbocycles. The van der Waals surface area contributed by atoms with Crippen molar-refractivity contribution < 1.29 is 30.9 Å². The number of phenols is 1. The number of fused-ring (bicyclic) bond motifs is 3. The van der Waals surface area contributed by atoms with Crippen molar-refractivity contribution in [1.29, 1.82) is 0 Å². The summed E-state index contributed by atoms with van der Waals surface area (Å²) in [6, 6.07) is 32.1. The molecular formula is C39H38N3O2Pt-. The molecule has 2 aliphatic rings. The first-order chi connectivity index (χ1) is 21.0. The van der Waals surface area contributed by atoms with Crippen molar-refractivity contribution >= 4 is 22.4 Å². The quantitative estimate of drug-likeness (QED) is 0.186. The number of hydrogen-bond donors (Lipinski definition) is 1. The average molecular weight is 776 g/mol. The summed E-state index contributed by atoms with van der Waals surface area (Å²) in [7, 11) is 0. The van der Waals surface area contributed by atoms with Gasteiger partial charge in [0, 0.05) is 54.8 Å². The third-order valence-electron chi connectivity index (χ3n) is 9.63. The van der Waals surface area contributed by atoms with Gasteiger partial charge in [-0.2, -0.15) is 0 Å². The number of benzene rings is 4. The summed E-state index contributed by atoms with van der Waals surface area (Å²) in [5, 5.41) is 11.2. The molecule has 1 aromatic heterocycles. The van der Waals surface area contributed by atoms with E-state index >= 15 is 0 Å². The van der Waals surface area contributed by atoms with Gasteiger partial charge in [0.25, 0.3) is 0 Å². The first-order valence-corrected chi connectivity index (χ1v) is 15.3. The summed E-state index contributed by atoms with van der Waals surface area (Å²) in [6.45, 7) is 16.0. The van der Waals surface area contributed by atoms with Gasteiger partial charge < -0.3 is 19.7 Å². The molecule has 5 aromatic rings. The molecule has 0 bridgehead atoms. The number of aromatic hydroxyl groups is 1. The molecule has 1 aliphatic heterocycles. The van der Waals surface area contributed by atoms with Gasteiger partial charge in [0.05, 0.1) is 17.9 Å². The number of hydrogen-bond acceptors (Lipinski definition) is 5. The number of aryl methyl sites for hydroxylation is 3. The number of ether oxygens (including phenoxy) is 1. The number of pyridine rings is 1. The minimum atomic E-state index is -0.186. The van der Waals surface area contributed by atoms with E-state index in [1.54, 1.807) is 12.1 Å². The zero-order chi connectivity index (χ0) is 31.0. The molecule has 0 radical (unpaired) electrons. The Morgan fingerprint density at radius 2 is 1.47 bits per heavy atom. The Morgan fingerprint density at radius 3 is 2.18 bits per heavy atom. The number of amidine groups is 1. The largest absolute Gasteiger partial charge is 0.506 e. The fourth-order valence-corrected chi connectivity index (χ4v) is 7.65. The van der Waals surface area contributed by atoms with Gasteiger partial charge in [-0.3, -0.25) is 0 Å². The molecule has 2 atom stereocenters. The van der Waals surface area contributed by atoms with E-state index in [2.05, 4.69) is 107 Å². The number of phenolic OH excluding ortho intramolecular Hbond substituents is 1. The topological polar surface area (TPSA) is 58.0 Å². The minimum Gasteiger partial charge on any atom is -0.506 e. The fraction of sp³-hybridized carbons (Fsp3) is 0.282. The summed E-state index contributed by atoms with van der Waals surface area (Å²) >= 11 is 0. The minimum absolute atomic E-state index is 0. The second-order valence-electron chi connectivity index (χ2n) is 13.5. The number of para-hydroxylation sites is 1. The number of aromatic nitrogens is 1. The van der Waals surface area contributed by atoms with Crippen LogP contribution in [0.15, 0.2) is 89.9 Å². The zero-order valence-corrected chi connectivity index (χ0v) is 29.0. The van der Waals surface area contributed by atoms with Crippen molar-refractivity contribution in [3.63, 3.8) is 0 Å². The Labute approximate surface area is 280 Å². The van der Waals surface area contributed by atoms with E-state index in [1.165, 1.54) is 33.5 Å². The van der Waals surface area contributed by atoms with Gasteiger partial charge in [0.1, 0.15) is 11.3 Å². The van der Waals surface area contributed by atoms with Crippen LogP contribution in [0.5, 0.6) is 17.4 Å². The van der Waals surface area contributed by atoms with Gasteiger partial charge in [-0.05, 0) is 55.2 Å². The Balaban J connectivity index is 0.00000357. The van der Waals surface area contributed by atoms with Crippen LogP contribution in [0.1, 0.15) is 61.1 Å². The third-order valence-corrected chi connectivity index (χ3v) is 9.63. The summed E-state index contributed by atoms with van der Waals surface area (Å²) in [5.41, 5.74) is 8.67. The van der Waals surface area contributed by atoms with Crippen molar-refractivity contribution in [1.82, 2.24) is 4.98 Å². The second kappa shape index (κ2) is 11.1. The van der Waals surface area contributed by atoms with Crippen LogP contribution in [0.2, 0.25) is 0 Å². The SMILES string of the molecule is Cc1cc(C)c(N2C(c3[c-]c(Oc4ccc5cccc(O)c5n4)ccc3)=N[C@@H]3[C@H]2C(C)(C)c2ccccc2C3(C)C)c(C)c1.[Pt]. The predicted octanol–water partition coefficient (Wildman–Crippen LogP) is 8.73. The molecule has 0 spiro atoms. The van der Waals surface area contributed by atoms with E-state index in [-0.39, 0.29) is 49.7 Å². The van der Waals surface area contributed by atoms with Crippen LogP contribution in [0.4, 0.5) is 5.69 Å². The molecule has 0 unspecified atom stereocenters. The Bertz CT molecular complexity index is 1960. The van der Waals surface area contributed by atoms with Crippen molar-refractivity contribution in [2.24, 2.45) is 4.99 Å². The molecule has 1 aliphatic carbocycles. The maximum Gasteiger partial charge on any atom is 0.217 e. The van der Waals surface area contributed by atoms with Crippen LogP contribution >= 0.6 is 0 Å². The van der Waals surface area contributed by atoms with Gasteiger partial charge in [0.15, 0.2) is 0 Å². The summed E-state index contributed by atoms with van der Waals surface area (Å²) in [4.78, 5) is 12.7. The molecule has 45 heavy (non-hydrogen) atoms. The van der Waals surface area contributed by atoms with Crippen molar-refractivity contribution in [3.8, 4) is 17.4 Å². The van der Waals surface area contributed by atoms with Gasteiger partial charge in [-0.25, -0.2) is 4.98 Å². The van der Waals surface area contributed by atoms with Crippen LogP contribution in [-0.2, 0) is 31.9 Å². The second-order valence-corrected chi connectivity index (χ2v) is 13.5. The molecule has 0 saturated heterocycles. The van der Waals surface area contributed by atoms with Crippen LogP contribution in [-0.4, -0.2) is 28.0 Å². The van der Waals surface area contributed by atoms with Crippen LogP contribution in [0, 0.1) is 26.8 Å². The molecule has 5 nitrogen and oxygen atoms in total. The zero-order valence-electron chi connectivity index (χ0n) is 26.8. The fourth-order valence-electron chi connectivity index (χ4n) is 7.65. The van der Waals surface area contributed by atoms with E-state index < -0.39 is 0 Å². The Morgan fingerprint density at radius 1 is 0.800 bits per heavy atom. The van der Waals surface area contributed by atoms with E-state index in [4.69, 9.17) is 9.73 Å². The molecular weight excluding hydrogens is 738 g/mol. The van der Waals surface area contributed by atoms with E-state index in [1.807, 2.05) is 30.3 Å².